The Hall–Kier alpha value is -0.530. The van der Waals surface area contributed by atoms with Crippen LogP contribution >= 0.6 is 0 Å². The molecule has 1 saturated heterocycles. The Balaban J connectivity index is 2.23. The molecule has 2 aliphatic rings. The van der Waals surface area contributed by atoms with Crippen LogP contribution in [0.15, 0.2) is 0 Å². The molecule has 15 heavy (non-hydrogen) atoms. The summed E-state index contributed by atoms with van der Waals surface area (Å²) in [5, 5.41) is 3.31. The molecule has 1 aliphatic carbocycles. The lowest BCUT2D eigenvalue weighted by molar-refractivity contribution is -0.120. The second-order valence-corrected chi connectivity index (χ2v) is 5.68. The number of nitrogens with one attached hydrogen (secondary N) is 1. The zero-order valence-corrected chi connectivity index (χ0v) is 10.1. The first-order valence-corrected chi connectivity index (χ1v) is 6.43. The maximum absolute atomic E-state index is 11.7. The van der Waals surface area contributed by atoms with Gasteiger partial charge in [0.25, 0.3) is 0 Å². The quantitative estimate of drug-likeness (QED) is 0.744. The lowest BCUT2D eigenvalue weighted by atomic mass is 9.63. The SMILES string of the molecule is CCCC1(C)CC(=O)NC12CCCCC2. The molecular formula is C13H23NO. The second-order valence-electron chi connectivity index (χ2n) is 5.68. The number of carbonyl (C=O) groups is 1. The fraction of sp³-hybridized carbons (Fsp3) is 0.923. The van der Waals surface area contributed by atoms with Crippen molar-refractivity contribution >= 4 is 5.91 Å². The van der Waals surface area contributed by atoms with Crippen molar-refractivity contribution in [3.63, 3.8) is 0 Å². The van der Waals surface area contributed by atoms with Gasteiger partial charge in [-0.3, -0.25) is 4.79 Å². The van der Waals surface area contributed by atoms with Gasteiger partial charge in [0.2, 0.25) is 5.91 Å². The van der Waals surface area contributed by atoms with Gasteiger partial charge in [-0.05, 0) is 24.7 Å². The molecule has 0 aromatic carbocycles. The zero-order valence-electron chi connectivity index (χ0n) is 10.1. The van der Waals surface area contributed by atoms with Gasteiger partial charge >= 0.3 is 0 Å². The predicted molar refractivity (Wildman–Crippen MR) is 61.6 cm³/mol. The van der Waals surface area contributed by atoms with Gasteiger partial charge in [0.05, 0.1) is 0 Å². The lowest BCUT2D eigenvalue weighted by Gasteiger charge is -2.45. The summed E-state index contributed by atoms with van der Waals surface area (Å²) in [5.41, 5.74) is 0.373. The van der Waals surface area contributed by atoms with E-state index in [1.807, 2.05) is 0 Å². The van der Waals surface area contributed by atoms with E-state index in [1.165, 1.54) is 44.9 Å². The number of amides is 1. The van der Waals surface area contributed by atoms with E-state index in [9.17, 15) is 4.79 Å². The molecule has 2 rings (SSSR count). The summed E-state index contributed by atoms with van der Waals surface area (Å²) in [5.74, 6) is 0.285. The average Bonchev–Trinajstić information content (AvgIpc) is 2.40. The average molecular weight is 209 g/mol. The lowest BCUT2D eigenvalue weighted by Crippen LogP contribution is -2.52. The summed E-state index contributed by atoms with van der Waals surface area (Å²) in [4.78, 5) is 11.7. The molecule has 1 atom stereocenters. The first-order chi connectivity index (χ1) is 7.12. The van der Waals surface area contributed by atoms with Crippen molar-refractivity contribution in [2.75, 3.05) is 0 Å². The topological polar surface area (TPSA) is 29.1 Å². The Morgan fingerprint density at radius 2 is 1.93 bits per heavy atom. The van der Waals surface area contributed by atoms with E-state index in [1.54, 1.807) is 0 Å². The van der Waals surface area contributed by atoms with Gasteiger partial charge in [-0.15, -0.1) is 0 Å². The van der Waals surface area contributed by atoms with Crippen LogP contribution in [0.4, 0.5) is 0 Å². The van der Waals surface area contributed by atoms with Crippen LogP contribution in [0.25, 0.3) is 0 Å². The van der Waals surface area contributed by atoms with Crippen molar-refractivity contribution in [2.45, 2.75) is 70.8 Å². The fourth-order valence-electron chi connectivity index (χ4n) is 3.75. The van der Waals surface area contributed by atoms with E-state index in [0.29, 0.717) is 0 Å². The number of carbonyl (C=O) groups excluding carboxylic acids is 1. The molecule has 1 spiro atoms. The van der Waals surface area contributed by atoms with Gasteiger partial charge in [-0.1, -0.05) is 39.5 Å². The Kier molecular flexibility index (Phi) is 2.78. The van der Waals surface area contributed by atoms with Gasteiger partial charge in [0.1, 0.15) is 0 Å². The molecule has 2 fully saturated rings. The van der Waals surface area contributed by atoms with Gasteiger partial charge in [0, 0.05) is 12.0 Å². The van der Waals surface area contributed by atoms with Crippen LogP contribution in [-0.4, -0.2) is 11.4 Å². The van der Waals surface area contributed by atoms with Gasteiger partial charge in [0.15, 0.2) is 0 Å². The standard InChI is InChI=1S/C13H23NO/c1-3-7-12(2)10-11(15)14-13(12)8-5-4-6-9-13/h3-10H2,1-2H3,(H,14,15). The van der Waals surface area contributed by atoms with E-state index in [0.717, 1.165) is 6.42 Å². The molecule has 1 N–H and O–H groups in total. The van der Waals surface area contributed by atoms with Crippen LogP contribution in [0.2, 0.25) is 0 Å². The molecule has 1 unspecified atom stereocenters. The maximum Gasteiger partial charge on any atom is 0.221 e. The Morgan fingerprint density at radius 1 is 1.27 bits per heavy atom. The smallest absolute Gasteiger partial charge is 0.221 e. The first kappa shape index (κ1) is 11.0. The van der Waals surface area contributed by atoms with Crippen LogP contribution in [0.1, 0.15) is 65.2 Å². The summed E-state index contributed by atoms with van der Waals surface area (Å²) in [7, 11) is 0. The minimum Gasteiger partial charge on any atom is -0.350 e. The number of rotatable bonds is 2. The summed E-state index contributed by atoms with van der Waals surface area (Å²) >= 11 is 0. The maximum atomic E-state index is 11.7. The molecular weight excluding hydrogens is 186 g/mol. The molecule has 1 aliphatic heterocycles. The molecule has 0 aromatic heterocycles. The largest absolute Gasteiger partial charge is 0.350 e. The van der Waals surface area contributed by atoms with Crippen LogP contribution in [0.5, 0.6) is 0 Å². The van der Waals surface area contributed by atoms with E-state index in [2.05, 4.69) is 19.2 Å². The van der Waals surface area contributed by atoms with E-state index in [-0.39, 0.29) is 16.9 Å². The van der Waals surface area contributed by atoms with Crippen molar-refractivity contribution in [1.29, 1.82) is 0 Å². The van der Waals surface area contributed by atoms with Crippen molar-refractivity contribution in [2.24, 2.45) is 5.41 Å². The van der Waals surface area contributed by atoms with E-state index < -0.39 is 0 Å². The highest BCUT2D eigenvalue weighted by Crippen LogP contribution is 2.50. The molecule has 1 amide bonds. The summed E-state index contributed by atoms with van der Waals surface area (Å²) in [6.07, 6.45) is 9.46. The third-order valence-corrected chi connectivity index (χ3v) is 4.59. The third-order valence-electron chi connectivity index (χ3n) is 4.59. The molecule has 2 heteroatoms. The monoisotopic (exact) mass is 209 g/mol. The van der Waals surface area contributed by atoms with Crippen LogP contribution in [-0.2, 0) is 4.79 Å². The van der Waals surface area contributed by atoms with Crippen molar-refractivity contribution < 1.29 is 4.79 Å². The first-order valence-electron chi connectivity index (χ1n) is 6.43. The van der Waals surface area contributed by atoms with Gasteiger partial charge in [-0.2, -0.15) is 0 Å². The summed E-state index contributed by atoms with van der Waals surface area (Å²) in [6.45, 7) is 4.55. The Bertz CT molecular complexity index is 255. The molecule has 0 aromatic rings. The normalized spacial score (nSPS) is 34.4. The molecule has 1 saturated carbocycles. The molecule has 86 valence electrons. The van der Waals surface area contributed by atoms with Crippen molar-refractivity contribution in [1.82, 2.24) is 5.32 Å². The van der Waals surface area contributed by atoms with Gasteiger partial charge in [-0.25, -0.2) is 0 Å². The van der Waals surface area contributed by atoms with E-state index in [4.69, 9.17) is 0 Å². The Morgan fingerprint density at radius 3 is 2.53 bits per heavy atom. The highest BCUT2D eigenvalue weighted by Gasteiger charge is 2.54. The molecule has 0 bridgehead atoms. The zero-order chi connectivity index (χ0) is 10.9. The van der Waals surface area contributed by atoms with E-state index >= 15 is 0 Å². The molecule has 1 heterocycles. The number of hydrogen-bond acceptors (Lipinski definition) is 1. The minimum atomic E-state index is 0.151. The summed E-state index contributed by atoms with van der Waals surface area (Å²) < 4.78 is 0. The highest BCUT2D eigenvalue weighted by atomic mass is 16.2. The van der Waals surface area contributed by atoms with Crippen LogP contribution in [0, 0.1) is 5.41 Å². The van der Waals surface area contributed by atoms with Crippen LogP contribution in [0.3, 0.4) is 0 Å². The number of hydrogen-bond donors (Lipinski definition) is 1. The van der Waals surface area contributed by atoms with Crippen LogP contribution < -0.4 is 5.32 Å². The van der Waals surface area contributed by atoms with Crippen molar-refractivity contribution in [3.8, 4) is 0 Å². The third kappa shape index (κ3) is 1.68. The molecule has 0 radical (unpaired) electrons. The highest BCUT2D eigenvalue weighted by molar-refractivity contribution is 5.81. The van der Waals surface area contributed by atoms with Crippen molar-refractivity contribution in [3.05, 3.63) is 0 Å². The fourth-order valence-corrected chi connectivity index (χ4v) is 3.75. The minimum absolute atomic E-state index is 0.151. The second kappa shape index (κ2) is 3.80. The summed E-state index contributed by atoms with van der Waals surface area (Å²) in [6, 6.07) is 0. The molecule has 2 nitrogen and oxygen atoms in total. The predicted octanol–water partition coefficient (Wildman–Crippen LogP) is 3.02. The van der Waals surface area contributed by atoms with Gasteiger partial charge < -0.3 is 5.32 Å². The Labute approximate surface area is 92.8 Å².